The Balaban J connectivity index is 2.11. The summed E-state index contributed by atoms with van der Waals surface area (Å²) in [5, 5.41) is 1.20. The third kappa shape index (κ3) is 3.15. The minimum absolute atomic E-state index is 0.247. The van der Waals surface area contributed by atoms with Gasteiger partial charge in [-0.25, -0.2) is 4.39 Å². The van der Waals surface area contributed by atoms with Crippen LogP contribution in [0.5, 0.6) is 5.75 Å². The molecule has 0 saturated carbocycles. The van der Waals surface area contributed by atoms with Gasteiger partial charge < -0.3 is 4.74 Å². The number of hydrogen-bond donors (Lipinski definition) is 0. The van der Waals surface area contributed by atoms with Gasteiger partial charge in [-0.05, 0) is 48.9 Å². The normalized spacial score (nSPS) is 10.4. The molecule has 0 aliphatic heterocycles. The van der Waals surface area contributed by atoms with Crippen molar-refractivity contribution in [1.82, 2.24) is 0 Å². The summed E-state index contributed by atoms with van der Waals surface area (Å²) in [6.07, 6.45) is 0. The van der Waals surface area contributed by atoms with Gasteiger partial charge in [0.25, 0.3) is 0 Å². The van der Waals surface area contributed by atoms with E-state index in [2.05, 4.69) is 0 Å². The summed E-state index contributed by atoms with van der Waals surface area (Å²) >= 11 is 11.9. The van der Waals surface area contributed by atoms with E-state index < -0.39 is 0 Å². The standard InChI is InChI=1S/C14H11Cl2FO/c1-9-6-12(3-5-14(9)17)18-8-10-7-11(15)2-4-13(10)16/h2-7H,8H2,1H3. The second kappa shape index (κ2) is 5.59. The molecule has 0 bridgehead atoms. The van der Waals surface area contributed by atoms with Crippen LogP contribution in [-0.2, 0) is 6.61 Å². The Morgan fingerprint density at radius 1 is 1.11 bits per heavy atom. The van der Waals surface area contributed by atoms with Crippen LogP contribution in [0.2, 0.25) is 10.0 Å². The van der Waals surface area contributed by atoms with Gasteiger partial charge in [0, 0.05) is 15.6 Å². The largest absolute Gasteiger partial charge is 0.489 e. The van der Waals surface area contributed by atoms with Gasteiger partial charge in [-0.2, -0.15) is 0 Å². The van der Waals surface area contributed by atoms with Crippen molar-refractivity contribution in [2.24, 2.45) is 0 Å². The molecule has 94 valence electrons. The number of ether oxygens (including phenoxy) is 1. The topological polar surface area (TPSA) is 9.23 Å². The summed E-state index contributed by atoms with van der Waals surface area (Å²) in [6.45, 7) is 1.99. The lowest BCUT2D eigenvalue weighted by atomic mass is 10.2. The third-order valence-electron chi connectivity index (χ3n) is 2.53. The summed E-state index contributed by atoms with van der Waals surface area (Å²) in [4.78, 5) is 0. The quantitative estimate of drug-likeness (QED) is 0.769. The first-order valence-corrected chi connectivity index (χ1v) is 6.15. The Morgan fingerprint density at radius 3 is 2.61 bits per heavy atom. The van der Waals surface area contributed by atoms with Gasteiger partial charge in [0.1, 0.15) is 18.2 Å². The van der Waals surface area contributed by atoms with Crippen molar-refractivity contribution in [2.75, 3.05) is 0 Å². The van der Waals surface area contributed by atoms with Crippen LogP contribution in [0.25, 0.3) is 0 Å². The van der Waals surface area contributed by atoms with Crippen LogP contribution in [0.1, 0.15) is 11.1 Å². The zero-order chi connectivity index (χ0) is 13.1. The maximum Gasteiger partial charge on any atom is 0.126 e. The Labute approximate surface area is 115 Å². The summed E-state index contributed by atoms with van der Waals surface area (Å²) < 4.78 is 18.6. The summed E-state index contributed by atoms with van der Waals surface area (Å²) in [7, 11) is 0. The molecule has 4 heteroatoms. The lowest BCUT2D eigenvalue weighted by Gasteiger charge is -2.09. The monoisotopic (exact) mass is 284 g/mol. The number of hydrogen-bond acceptors (Lipinski definition) is 1. The number of halogens is 3. The van der Waals surface area contributed by atoms with E-state index in [9.17, 15) is 4.39 Å². The lowest BCUT2D eigenvalue weighted by molar-refractivity contribution is 0.305. The number of benzene rings is 2. The molecule has 0 heterocycles. The smallest absolute Gasteiger partial charge is 0.126 e. The van der Waals surface area contributed by atoms with E-state index in [1.54, 1.807) is 37.3 Å². The first kappa shape index (κ1) is 13.2. The summed E-state index contributed by atoms with van der Waals surface area (Å²) in [6, 6.07) is 9.80. The molecule has 1 nitrogen and oxygen atoms in total. The van der Waals surface area contributed by atoms with Crippen LogP contribution in [-0.4, -0.2) is 0 Å². The van der Waals surface area contributed by atoms with Gasteiger partial charge in [0.15, 0.2) is 0 Å². The molecule has 0 spiro atoms. The summed E-state index contributed by atoms with van der Waals surface area (Å²) in [5.74, 6) is 0.355. The molecule has 0 amide bonds. The van der Waals surface area contributed by atoms with Crippen molar-refractivity contribution in [3.8, 4) is 5.75 Å². The van der Waals surface area contributed by atoms with E-state index in [1.807, 2.05) is 0 Å². The highest BCUT2D eigenvalue weighted by atomic mass is 35.5. The second-order valence-corrected chi connectivity index (χ2v) is 4.78. The third-order valence-corrected chi connectivity index (χ3v) is 3.14. The maximum atomic E-state index is 13.1. The molecule has 0 aliphatic rings. The van der Waals surface area contributed by atoms with E-state index in [1.165, 1.54) is 6.07 Å². The number of aryl methyl sites for hydroxylation is 1. The molecule has 0 N–H and O–H groups in total. The zero-order valence-electron chi connectivity index (χ0n) is 9.71. The predicted octanol–water partition coefficient (Wildman–Crippen LogP) is 5.02. The molecule has 2 aromatic rings. The van der Waals surface area contributed by atoms with Crippen LogP contribution in [0.4, 0.5) is 4.39 Å². The average Bonchev–Trinajstić information content (AvgIpc) is 2.34. The number of rotatable bonds is 3. The molecule has 2 aromatic carbocycles. The predicted molar refractivity (Wildman–Crippen MR) is 71.9 cm³/mol. The van der Waals surface area contributed by atoms with Crippen molar-refractivity contribution < 1.29 is 9.13 Å². The molecule has 0 aromatic heterocycles. The highest BCUT2D eigenvalue weighted by molar-refractivity contribution is 6.33. The fraction of sp³-hybridized carbons (Fsp3) is 0.143. The van der Waals surface area contributed by atoms with Crippen LogP contribution in [0.3, 0.4) is 0 Å². The molecular weight excluding hydrogens is 274 g/mol. The molecule has 0 fully saturated rings. The van der Waals surface area contributed by atoms with E-state index in [4.69, 9.17) is 27.9 Å². The first-order valence-electron chi connectivity index (χ1n) is 5.39. The van der Waals surface area contributed by atoms with Crippen LogP contribution in [0.15, 0.2) is 36.4 Å². The van der Waals surface area contributed by atoms with Crippen LogP contribution in [0, 0.1) is 12.7 Å². The highest BCUT2D eigenvalue weighted by Crippen LogP contribution is 2.23. The molecule has 18 heavy (non-hydrogen) atoms. The Bertz CT molecular complexity index is 570. The molecule has 0 atom stereocenters. The lowest BCUT2D eigenvalue weighted by Crippen LogP contribution is -1.97. The van der Waals surface area contributed by atoms with Gasteiger partial charge >= 0.3 is 0 Å². The highest BCUT2D eigenvalue weighted by Gasteiger charge is 2.04. The van der Waals surface area contributed by atoms with E-state index in [0.717, 1.165) is 5.56 Å². The van der Waals surface area contributed by atoms with Crippen molar-refractivity contribution in [3.05, 3.63) is 63.4 Å². The van der Waals surface area contributed by atoms with Crippen LogP contribution >= 0.6 is 23.2 Å². The minimum Gasteiger partial charge on any atom is -0.489 e. The molecule has 2 rings (SSSR count). The average molecular weight is 285 g/mol. The van der Waals surface area contributed by atoms with Gasteiger partial charge in [-0.1, -0.05) is 23.2 Å². The molecule has 0 saturated heterocycles. The Morgan fingerprint density at radius 2 is 1.89 bits per heavy atom. The van der Waals surface area contributed by atoms with Crippen molar-refractivity contribution in [3.63, 3.8) is 0 Å². The fourth-order valence-electron chi connectivity index (χ4n) is 1.52. The van der Waals surface area contributed by atoms with Gasteiger partial charge in [-0.3, -0.25) is 0 Å². The van der Waals surface area contributed by atoms with Crippen LogP contribution < -0.4 is 4.74 Å². The van der Waals surface area contributed by atoms with Crippen molar-refractivity contribution >= 4 is 23.2 Å². The Kier molecular flexibility index (Phi) is 4.10. The van der Waals surface area contributed by atoms with Gasteiger partial charge in [-0.15, -0.1) is 0 Å². The van der Waals surface area contributed by atoms with Crippen molar-refractivity contribution in [1.29, 1.82) is 0 Å². The maximum absolute atomic E-state index is 13.1. The first-order chi connectivity index (χ1) is 8.56. The molecule has 0 aliphatic carbocycles. The molecule has 0 radical (unpaired) electrons. The van der Waals surface area contributed by atoms with Gasteiger partial charge in [0.05, 0.1) is 0 Å². The van der Waals surface area contributed by atoms with Gasteiger partial charge in [0.2, 0.25) is 0 Å². The molecular formula is C14H11Cl2FO. The van der Waals surface area contributed by atoms with E-state index in [0.29, 0.717) is 28.0 Å². The minimum atomic E-state index is -0.247. The Hall–Kier alpha value is -1.25. The molecule has 0 unspecified atom stereocenters. The summed E-state index contributed by atoms with van der Waals surface area (Å²) in [5.41, 5.74) is 1.34. The SMILES string of the molecule is Cc1cc(OCc2cc(Cl)ccc2Cl)ccc1F. The van der Waals surface area contributed by atoms with E-state index in [-0.39, 0.29) is 5.82 Å². The fourth-order valence-corrected chi connectivity index (χ4v) is 1.89. The van der Waals surface area contributed by atoms with E-state index >= 15 is 0 Å². The van der Waals surface area contributed by atoms with Crippen molar-refractivity contribution in [2.45, 2.75) is 13.5 Å². The second-order valence-electron chi connectivity index (χ2n) is 3.94. The zero-order valence-corrected chi connectivity index (χ0v) is 11.2.